The maximum absolute atomic E-state index is 14.1. The van der Waals surface area contributed by atoms with Gasteiger partial charge in [-0.15, -0.1) is 0 Å². The zero-order chi connectivity index (χ0) is 23.7. The quantitative estimate of drug-likeness (QED) is 0.405. The van der Waals surface area contributed by atoms with Crippen LogP contribution in [0.2, 0.25) is 5.02 Å². The second-order valence-corrected chi connectivity index (χ2v) is 8.65. The van der Waals surface area contributed by atoms with E-state index in [1.807, 2.05) is 0 Å². The standard InChI is InChI=1S/C24H23ClF3NO3/c1-22(2,18-7-5-8-19(25)21(18)32-3)13-23(31,24(26,27)28)14-29-20-9-4-6-15-12-16(30)10-11-17(15)20/h4-12,14,30-31H,13H2,1-3H3. The number of aromatic hydroxyl groups is 1. The summed E-state index contributed by atoms with van der Waals surface area (Å²) in [5, 5.41) is 21.8. The van der Waals surface area contributed by atoms with E-state index in [1.165, 1.54) is 25.3 Å². The van der Waals surface area contributed by atoms with Crippen LogP contribution < -0.4 is 4.74 Å². The summed E-state index contributed by atoms with van der Waals surface area (Å²) < 4.78 is 47.5. The summed E-state index contributed by atoms with van der Waals surface area (Å²) in [6.07, 6.45) is -5.16. The van der Waals surface area contributed by atoms with E-state index in [9.17, 15) is 23.4 Å². The number of halogens is 4. The highest BCUT2D eigenvalue weighted by molar-refractivity contribution is 6.32. The number of ether oxygens (including phenoxy) is 1. The molecule has 1 atom stereocenters. The number of phenols is 1. The van der Waals surface area contributed by atoms with E-state index in [4.69, 9.17) is 16.3 Å². The molecule has 3 aromatic carbocycles. The average Bonchev–Trinajstić information content (AvgIpc) is 2.70. The van der Waals surface area contributed by atoms with E-state index in [-0.39, 0.29) is 22.2 Å². The van der Waals surface area contributed by atoms with Gasteiger partial charge >= 0.3 is 6.18 Å². The minimum Gasteiger partial charge on any atom is -0.508 e. The molecule has 0 aliphatic heterocycles. The maximum atomic E-state index is 14.1. The van der Waals surface area contributed by atoms with E-state index < -0.39 is 23.6 Å². The van der Waals surface area contributed by atoms with Gasteiger partial charge in [0.15, 0.2) is 5.60 Å². The van der Waals surface area contributed by atoms with E-state index >= 15 is 0 Å². The Morgan fingerprint density at radius 1 is 1.06 bits per heavy atom. The van der Waals surface area contributed by atoms with E-state index in [1.54, 1.807) is 50.2 Å². The van der Waals surface area contributed by atoms with Crippen LogP contribution in [0.15, 0.2) is 59.6 Å². The number of aliphatic hydroxyl groups is 1. The van der Waals surface area contributed by atoms with Crippen molar-refractivity contribution in [1.82, 2.24) is 0 Å². The van der Waals surface area contributed by atoms with E-state index in [0.29, 0.717) is 22.6 Å². The van der Waals surface area contributed by atoms with E-state index in [0.717, 1.165) is 0 Å². The molecule has 0 heterocycles. The van der Waals surface area contributed by atoms with Crippen molar-refractivity contribution < 1.29 is 28.1 Å². The zero-order valence-corrected chi connectivity index (χ0v) is 18.5. The van der Waals surface area contributed by atoms with Gasteiger partial charge in [-0.2, -0.15) is 13.2 Å². The van der Waals surface area contributed by atoms with Crippen molar-refractivity contribution in [1.29, 1.82) is 0 Å². The molecule has 0 radical (unpaired) electrons. The normalized spacial score (nSPS) is 14.6. The first kappa shape index (κ1) is 23.9. The van der Waals surface area contributed by atoms with Crippen LogP contribution in [0.1, 0.15) is 25.8 Å². The minimum atomic E-state index is -4.98. The number of methoxy groups -OCH3 is 1. The Bertz CT molecular complexity index is 1160. The molecule has 4 nitrogen and oxygen atoms in total. The van der Waals surface area contributed by atoms with Gasteiger partial charge < -0.3 is 14.9 Å². The summed E-state index contributed by atoms with van der Waals surface area (Å²) in [6.45, 7) is 3.15. The molecule has 170 valence electrons. The van der Waals surface area contributed by atoms with E-state index in [2.05, 4.69) is 4.99 Å². The van der Waals surface area contributed by atoms with Gasteiger partial charge in [-0.1, -0.05) is 49.7 Å². The summed E-state index contributed by atoms with van der Waals surface area (Å²) in [6, 6.07) is 14.1. The van der Waals surface area contributed by atoms with Crippen LogP contribution in [0.4, 0.5) is 18.9 Å². The lowest BCUT2D eigenvalue weighted by atomic mass is 9.75. The highest BCUT2D eigenvalue weighted by atomic mass is 35.5. The van der Waals surface area contributed by atoms with Crippen molar-refractivity contribution in [3.05, 3.63) is 65.2 Å². The third-order valence-corrected chi connectivity index (χ3v) is 5.66. The van der Waals surface area contributed by atoms with Crippen molar-refractivity contribution in [2.75, 3.05) is 7.11 Å². The Balaban J connectivity index is 2.04. The van der Waals surface area contributed by atoms with Gasteiger partial charge in [-0.25, -0.2) is 0 Å². The second-order valence-electron chi connectivity index (χ2n) is 8.24. The lowest BCUT2D eigenvalue weighted by molar-refractivity contribution is -0.234. The summed E-state index contributed by atoms with van der Waals surface area (Å²) in [7, 11) is 1.39. The maximum Gasteiger partial charge on any atom is 0.422 e. The number of phenolic OH excluding ortho intramolecular Hbond substituents is 1. The van der Waals surface area contributed by atoms with Crippen molar-refractivity contribution >= 4 is 34.3 Å². The number of rotatable bonds is 6. The van der Waals surface area contributed by atoms with Gasteiger partial charge in [0.1, 0.15) is 11.5 Å². The van der Waals surface area contributed by atoms with Gasteiger partial charge in [-0.3, -0.25) is 4.99 Å². The number of alkyl halides is 3. The fourth-order valence-corrected chi connectivity index (χ4v) is 4.03. The van der Waals surface area contributed by atoms with Gasteiger partial charge in [0.25, 0.3) is 0 Å². The first-order valence-electron chi connectivity index (χ1n) is 9.77. The summed E-state index contributed by atoms with van der Waals surface area (Å²) in [4.78, 5) is 4.01. The fraction of sp³-hybridized carbons (Fsp3) is 0.292. The van der Waals surface area contributed by atoms with Crippen LogP contribution in [-0.4, -0.2) is 35.3 Å². The molecule has 0 saturated carbocycles. The lowest BCUT2D eigenvalue weighted by Gasteiger charge is -2.36. The number of benzene rings is 3. The van der Waals surface area contributed by atoms with Crippen LogP contribution in [0, 0.1) is 0 Å². The predicted octanol–water partition coefficient (Wildman–Crippen LogP) is 6.57. The van der Waals surface area contributed by atoms with Crippen molar-refractivity contribution in [3.63, 3.8) is 0 Å². The first-order chi connectivity index (χ1) is 14.9. The molecule has 3 aromatic rings. The Morgan fingerprint density at radius 2 is 1.75 bits per heavy atom. The fourth-order valence-electron chi connectivity index (χ4n) is 3.78. The molecule has 0 amide bonds. The Morgan fingerprint density at radius 3 is 2.41 bits per heavy atom. The molecule has 1 unspecified atom stereocenters. The molecule has 0 aliphatic carbocycles. The zero-order valence-electron chi connectivity index (χ0n) is 17.7. The van der Waals surface area contributed by atoms with Crippen molar-refractivity contribution in [2.45, 2.75) is 37.5 Å². The highest BCUT2D eigenvalue weighted by Gasteiger charge is 2.55. The van der Waals surface area contributed by atoms with Crippen molar-refractivity contribution in [2.24, 2.45) is 4.99 Å². The Labute approximate surface area is 188 Å². The highest BCUT2D eigenvalue weighted by Crippen LogP contribution is 2.44. The molecular formula is C24H23ClF3NO3. The average molecular weight is 466 g/mol. The molecule has 32 heavy (non-hydrogen) atoms. The lowest BCUT2D eigenvalue weighted by Crippen LogP contribution is -2.50. The number of nitrogens with zero attached hydrogens (tertiary/aromatic N) is 1. The summed E-state index contributed by atoms with van der Waals surface area (Å²) in [5.74, 6) is 0.289. The molecule has 8 heteroatoms. The van der Waals surface area contributed by atoms with Gasteiger partial charge in [0.05, 0.1) is 17.8 Å². The molecule has 3 rings (SSSR count). The third-order valence-electron chi connectivity index (χ3n) is 5.36. The third kappa shape index (κ3) is 4.69. The van der Waals surface area contributed by atoms with Crippen LogP contribution in [-0.2, 0) is 5.41 Å². The molecule has 0 aromatic heterocycles. The SMILES string of the molecule is COc1c(Cl)cccc1C(C)(C)CC(O)(C=Nc1cccc2cc(O)ccc12)C(F)(F)F. The second kappa shape index (κ2) is 8.64. The molecule has 2 N–H and O–H groups in total. The molecule has 0 fully saturated rings. The van der Waals surface area contributed by atoms with Crippen LogP contribution in [0.25, 0.3) is 10.8 Å². The predicted molar refractivity (Wildman–Crippen MR) is 120 cm³/mol. The minimum absolute atomic E-state index is 0.0302. The van der Waals surface area contributed by atoms with Gasteiger partial charge in [-0.05, 0) is 47.6 Å². The molecule has 0 bridgehead atoms. The summed E-state index contributed by atoms with van der Waals surface area (Å²) >= 11 is 6.15. The number of hydrogen-bond acceptors (Lipinski definition) is 4. The van der Waals surface area contributed by atoms with Crippen LogP contribution >= 0.6 is 11.6 Å². The largest absolute Gasteiger partial charge is 0.508 e. The Kier molecular flexibility index (Phi) is 6.45. The number of hydrogen-bond donors (Lipinski definition) is 2. The number of para-hydroxylation sites is 1. The summed E-state index contributed by atoms with van der Waals surface area (Å²) in [5.41, 5.74) is -3.72. The molecule has 0 aliphatic rings. The van der Waals surface area contributed by atoms with Crippen LogP contribution in [0.5, 0.6) is 11.5 Å². The number of aliphatic imine (C=N–C) groups is 1. The Hall–Kier alpha value is -2.77. The molecule has 0 saturated heterocycles. The van der Waals surface area contributed by atoms with Crippen molar-refractivity contribution in [3.8, 4) is 11.5 Å². The number of fused-ring (bicyclic) bond motifs is 1. The molecule has 0 spiro atoms. The topological polar surface area (TPSA) is 62.0 Å². The molecular weight excluding hydrogens is 443 g/mol. The van der Waals surface area contributed by atoms with Crippen LogP contribution in [0.3, 0.4) is 0 Å². The van der Waals surface area contributed by atoms with Gasteiger partial charge in [0.2, 0.25) is 0 Å². The first-order valence-corrected chi connectivity index (χ1v) is 10.1. The van der Waals surface area contributed by atoms with Gasteiger partial charge in [0, 0.05) is 17.2 Å². The smallest absolute Gasteiger partial charge is 0.422 e. The monoisotopic (exact) mass is 465 g/mol.